The Labute approximate surface area is 137 Å². The fraction of sp³-hybridized carbons (Fsp3) is 0.333. The van der Waals surface area contributed by atoms with Crippen LogP contribution in [0.1, 0.15) is 19.4 Å². The van der Waals surface area contributed by atoms with Crippen molar-refractivity contribution >= 4 is 29.1 Å². The maximum absolute atomic E-state index is 12.8. The zero-order valence-corrected chi connectivity index (χ0v) is 13.5. The lowest BCUT2D eigenvalue weighted by Crippen LogP contribution is -2.43. The summed E-state index contributed by atoms with van der Waals surface area (Å²) in [5, 5.41) is 2.29. The molecule has 0 radical (unpaired) electrons. The van der Waals surface area contributed by atoms with Gasteiger partial charge in [0.2, 0.25) is 0 Å². The molecule has 0 bridgehead atoms. The first-order chi connectivity index (χ1) is 10.8. The number of amides is 1. The zero-order valence-electron chi connectivity index (χ0n) is 12.7. The van der Waals surface area contributed by atoms with Gasteiger partial charge in [0.25, 0.3) is 0 Å². The van der Waals surface area contributed by atoms with E-state index in [1.165, 1.54) is 17.0 Å². The summed E-state index contributed by atoms with van der Waals surface area (Å²) in [6, 6.07) is 4.72. The van der Waals surface area contributed by atoms with Gasteiger partial charge in [0.1, 0.15) is 0 Å². The van der Waals surface area contributed by atoms with Crippen LogP contribution in [0.15, 0.2) is 36.4 Å². The highest BCUT2D eigenvalue weighted by Gasteiger charge is 2.31. The molecule has 0 aliphatic heterocycles. The lowest BCUT2D eigenvalue weighted by Gasteiger charge is -2.24. The summed E-state index contributed by atoms with van der Waals surface area (Å²) in [5.41, 5.74) is -0.570. The monoisotopic (exact) mass is 346 g/mol. The number of halogens is 3. The van der Waals surface area contributed by atoms with E-state index in [2.05, 4.69) is 5.32 Å². The van der Waals surface area contributed by atoms with E-state index in [1.54, 1.807) is 26.0 Å². The highest BCUT2D eigenvalue weighted by Crippen LogP contribution is 2.31. The molecule has 0 aliphatic carbocycles. The first-order valence-corrected chi connectivity index (χ1v) is 7.24. The number of alkyl halides is 3. The average molecular weight is 346 g/mol. The summed E-state index contributed by atoms with van der Waals surface area (Å²) in [7, 11) is 0. The first kappa shape index (κ1) is 19.0. The second kappa shape index (κ2) is 8.52. The molecule has 0 unspecified atom stereocenters. The molecule has 8 heteroatoms. The van der Waals surface area contributed by atoms with Crippen molar-refractivity contribution in [2.45, 2.75) is 20.0 Å². The Bertz CT molecular complexity index is 588. The Balaban J connectivity index is 3.06. The molecule has 0 spiro atoms. The number of ether oxygens (including phenoxy) is 1. The van der Waals surface area contributed by atoms with E-state index in [0.29, 0.717) is 0 Å². The van der Waals surface area contributed by atoms with Gasteiger partial charge in [-0.1, -0.05) is 18.2 Å². The Morgan fingerprint density at radius 1 is 1.43 bits per heavy atom. The van der Waals surface area contributed by atoms with Crippen molar-refractivity contribution < 1.29 is 22.7 Å². The average Bonchev–Trinajstić information content (AvgIpc) is 2.47. The Kier molecular flexibility index (Phi) is 7.02. The number of alkyl carbamates (subject to hydrolysis) is 1. The van der Waals surface area contributed by atoms with Gasteiger partial charge in [-0.25, -0.2) is 4.79 Å². The van der Waals surface area contributed by atoms with Gasteiger partial charge in [0.15, 0.2) is 5.11 Å². The van der Waals surface area contributed by atoms with Crippen molar-refractivity contribution in [1.29, 1.82) is 0 Å². The van der Waals surface area contributed by atoms with E-state index >= 15 is 0 Å². The minimum absolute atomic E-state index is 0.0409. The smallest absolute Gasteiger partial charge is 0.416 e. The molecule has 0 atom stereocenters. The van der Waals surface area contributed by atoms with Crippen molar-refractivity contribution in [2.24, 2.45) is 0 Å². The van der Waals surface area contributed by atoms with Crippen molar-refractivity contribution in [2.75, 3.05) is 18.1 Å². The van der Waals surface area contributed by atoms with Gasteiger partial charge in [-0.3, -0.25) is 5.32 Å². The molecule has 1 rings (SSSR count). The summed E-state index contributed by atoms with van der Waals surface area (Å²) in [6.45, 7) is 3.77. The molecule has 4 nitrogen and oxygen atoms in total. The Morgan fingerprint density at radius 2 is 2.13 bits per heavy atom. The molecule has 0 saturated heterocycles. The minimum Gasteiger partial charge on any atom is -0.450 e. The molecule has 23 heavy (non-hydrogen) atoms. The van der Waals surface area contributed by atoms with E-state index in [0.717, 1.165) is 12.1 Å². The van der Waals surface area contributed by atoms with Gasteiger partial charge in [0.05, 0.1) is 12.2 Å². The highest BCUT2D eigenvalue weighted by atomic mass is 32.1. The number of nitrogens with one attached hydrogen (secondary N) is 1. The van der Waals surface area contributed by atoms with Crippen LogP contribution in [-0.2, 0) is 10.9 Å². The summed E-state index contributed by atoms with van der Waals surface area (Å²) >= 11 is 5.10. The molecule has 1 amide bonds. The summed E-state index contributed by atoms with van der Waals surface area (Å²) in [4.78, 5) is 12.8. The molecule has 1 aromatic rings. The van der Waals surface area contributed by atoms with Gasteiger partial charge in [-0.05, 0) is 44.3 Å². The predicted molar refractivity (Wildman–Crippen MR) is 86.4 cm³/mol. The summed E-state index contributed by atoms with van der Waals surface area (Å²) < 4.78 is 43.2. The molecule has 1 aromatic carbocycles. The number of thiocarbonyl (C=S) groups is 1. The number of anilines is 1. The number of hydrogen-bond donors (Lipinski definition) is 1. The fourth-order valence-electron chi connectivity index (χ4n) is 1.69. The predicted octanol–water partition coefficient (Wildman–Crippen LogP) is 4.12. The van der Waals surface area contributed by atoms with E-state index in [4.69, 9.17) is 17.0 Å². The lowest BCUT2D eigenvalue weighted by molar-refractivity contribution is -0.137. The SMILES string of the molecule is C/C=C/CN(C(=S)NC(=O)OCC)c1cccc(C(F)(F)F)c1. The quantitative estimate of drug-likeness (QED) is 0.658. The van der Waals surface area contributed by atoms with Gasteiger partial charge in [-0.2, -0.15) is 13.2 Å². The molecule has 0 heterocycles. The molecule has 0 aliphatic rings. The van der Waals surface area contributed by atoms with Crippen LogP contribution >= 0.6 is 12.2 Å². The Morgan fingerprint density at radius 3 is 2.70 bits per heavy atom. The zero-order chi connectivity index (χ0) is 17.5. The van der Waals surface area contributed by atoms with Crippen LogP contribution in [0.25, 0.3) is 0 Å². The van der Waals surface area contributed by atoms with Crippen molar-refractivity contribution in [1.82, 2.24) is 5.32 Å². The van der Waals surface area contributed by atoms with Crippen molar-refractivity contribution in [3.63, 3.8) is 0 Å². The number of rotatable bonds is 4. The third kappa shape index (κ3) is 5.90. The van der Waals surface area contributed by atoms with Gasteiger partial charge < -0.3 is 9.64 Å². The molecule has 0 aromatic heterocycles. The standard InChI is InChI=1S/C15H17F3N2O2S/c1-3-5-9-20(13(23)19-14(21)22-4-2)12-8-6-7-11(10-12)15(16,17)18/h3,5-8,10H,4,9H2,1-2H3,(H,19,21,23)/b5-3+. The molecule has 0 fully saturated rings. The number of nitrogens with zero attached hydrogens (tertiary/aromatic N) is 1. The van der Waals surface area contributed by atoms with E-state index < -0.39 is 17.8 Å². The maximum Gasteiger partial charge on any atom is 0.416 e. The normalized spacial score (nSPS) is 11.3. The number of allylic oxidation sites excluding steroid dienone is 1. The van der Waals surface area contributed by atoms with Crippen LogP contribution in [-0.4, -0.2) is 24.4 Å². The van der Waals surface area contributed by atoms with Crippen LogP contribution in [0.4, 0.5) is 23.7 Å². The van der Waals surface area contributed by atoms with Crippen molar-refractivity contribution in [3.05, 3.63) is 42.0 Å². The second-order valence-electron chi connectivity index (χ2n) is 4.38. The molecule has 126 valence electrons. The second-order valence-corrected chi connectivity index (χ2v) is 4.77. The molecule has 1 N–H and O–H groups in total. The third-order valence-electron chi connectivity index (χ3n) is 2.74. The van der Waals surface area contributed by atoms with Crippen LogP contribution in [0.2, 0.25) is 0 Å². The Hall–Kier alpha value is -2.09. The van der Waals surface area contributed by atoms with E-state index in [1.807, 2.05) is 0 Å². The molecular weight excluding hydrogens is 329 g/mol. The minimum atomic E-state index is -4.46. The van der Waals surface area contributed by atoms with Gasteiger partial charge in [-0.15, -0.1) is 0 Å². The maximum atomic E-state index is 12.8. The third-order valence-corrected chi connectivity index (χ3v) is 3.06. The largest absolute Gasteiger partial charge is 0.450 e. The van der Waals surface area contributed by atoms with Gasteiger partial charge >= 0.3 is 12.3 Å². The first-order valence-electron chi connectivity index (χ1n) is 6.83. The number of carbonyl (C=O) groups excluding carboxylic acids is 1. The van der Waals surface area contributed by atoms with E-state index in [9.17, 15) is 18.0 Å². The lowest BCUT2D eigenvalue weighted by atomic mass is 10.2. The van der Waals surface area contributed by atoms with Crippen LogP contribution in [0, 0.1) is 0 Å². The molecular formula is C15H17F3N2O2S. The van der Waals surface area contributed by atoms with Gasteiger partial charge in [0, 0.05) is 12.2 Å². The number of carbonyl (C=O) groups is 1. The highest BCUT2D eigenvalue weighted by molar-refractivity contribution is 7.80. The fourth-order valence-corrected chi connectivity index (χ4v) is 1.95. The van der Waals surface area contributed by atoms with Crippen molar-refractivity contribution in [3.8, 4) is 0 Å². The van der Waals surface area contributed by atoms with E-state index in [-0.39, 0.29) is 24.0 Å². The summed E-state index contributed by atoms with van der Waals surface area (Å²) in [5.74, 6) is 0. The van der Waals surface area contributed by atoms with Crippen LogP contribution < -0.4 is 10.2 Å². The summed E-state index contributed by atoms with van der Waals surface area (Å²) in [6.07, 6.45) is -1.78. The number of benzene rings is 1. The molecule has 0 saturated carbocycles. The topological polar surface area (TPSA) is 41.6 Å². The van der Waals surface area contributed by atoms with Crippen LogP contribution in [0.5, 0.6) is 0 Å². The number of hydrogen-bond acceptors (Lipinski definition) is 3. The van der Waals surface area contributed by atoms with Crippen LogP contribution in [0.3, 0.4) is 0 Å².